The van der Waals surface area contributed by atoms with E-state index in [9.17, 15) is 4.39 Å². The number of benzene rings is 1. The molecule has 1 rings (SSSR count). The van der Waals surface area contributed by atoms with Crippen LogP contribution < -0.4 is 5.73 Å². The molecule has 3 N–H and O–H groups in total. The minimum atomic E-state index is -0.411. The third-order valence-electron chi connectivity index (χ3n) is 1.83. The van der Waals surface area contributed by atoms with E-state index in [0.717, 1.165) is 11.1 Å². The largest absolute Gasteiger partial charge is 0.394 e. The first-order valence-electron chi connectivity index (χ1n) is 3.77. The summed E-state index contributed by atoms with van der Waals surface area (Å²) < 4.78 is 12.6. The summed E-state index contributed by atoms with van der Waals surface area (Å²) in [6.07, 6.45) is 0. The Kier molecular flexibility index (Phi) is 4.91. The lowest BCUT2D eigenvalue weighted by Crippen LogP contribution is -2.15. The minimum Gasteiger partial charge on any atom is -0.394 e. The second-order valence-electron chi connectivity index (χ2n) is 2.79. The molecule has 0 aliphatic heterocycles. The highest BCUT2D eigenvalue weighted by molar-refractivity contribution is 5.85. The van der Waals surface area contributed by atoms with E-state index in [0.29, 0.717) is 0 Å². The third kappa shape index (κ3) is 2.95. The van der Waals surface area contributed by atoms with Crippen LogP contribution in [0.5, 0.6) is 0 Å². The molecule has 1 atom stereocenters. The molecule has 0 heterocycles. The Morgan fingerprint density at radius 3 is 2.62 bits per heavy atom. The van der Waals surface area contributed by atoms with Crippen LogP contribution in [0, 0.1) is 12.7 Å². The van der Waals surface area contributed by atoms with E-state index in [2.05, 4.69) is 0 Å². The fourth-order valence-corrected chi connectivity index (χ4v) is 1.15. The average molecular weight is 206 g/mol. The summed E-state index contributed by atoms with van der Waals surface area (Å²) in [6, 6.07) is 3.94. The van der Waals surface area contributed by atoms with Gasteiger partial charge in [-0.2, -0.15) is 0 Å². The highest BCUT2D eigenvalue weighted by atomic mass is 35.5. The predicted octanol–water partition coefficient (Wildman–Crippen LogP) is 1.55. The maximum atomic E-state index is 12.6. The monoisotopic (exact) mass is 205 g/mol. The summed E-state index contributed by atoms with van der Waals surface area (Å²) in [6.45, 7) is 1.65. The van der Waals surface area contributed by atoms with Crippen molar-refractivity contribution in [3.63, 3.8) is 0 Å². The van der Waals surface area contributed by atoms with Crippen molar-refractivity contribution in [2.45, 2.75) is 13.0 Å². The summed E-state index contributed by atoms with van der Waals surface area (Å²) in [5.41, 5.74) is 7.14. The number of aliphatic hydroxyl groups is 1. The molecule has 1 aromatic carbocycles. The predicted molar refractivity (Wildman–Crippen MR) is 52.4 cm³/mol. The molecule has 0 fully saturated rings. The number of aryl methyl sites for hydroxylation is 1. The SMILES string of the molecule is Cc1cc(F)ccc1[C@@H](N)CO.Cl. The quantitative estimate of drug-likeness (QED) is 0.770. The molecule has 0 radical (unpaired) electrons. The van der Waals surface area contributed by atoms with Gasteiger partial charge in [0, 0.05) is 0 Å². The Hall–Kier alpha value is -0.640. The van der Waals surface area contributed by atoms with Gasteiger partial charge < -0.3 is 10.8 Å². The van der Waals surface area contributed by atoms with Gasteiger partial charge in [0.2, 0.25) is 0 Å². The second kappa shape index (κ2) is 5.17. The van der Waals surface area contributed by atoms with Gasteiger partial charge in [-0.25, -0.2) is 4.39 Å². The molecule has 0 aliphatic carbocycles. The van der Waals surface area contributed by atoms with Crippen molar-refractivity contribution in [3.8, 4) is 0 Å². The van der Waals surface area contributed by atoms with Gasteiger partial charge in [-0.3, -0.25) is 0 Å². The second-order valence-corrected chi connectivity index (χ2v) is 2.79. The van der Waals surface area contributed by atoms with Crippen molar-refractivity contribution >= 4 is 12.4 Å². The molecule has 0 saturated carbocycles. The Morgan fingerprint density at radius 2 is 2.15 bits per heavy atom. The van der Waals surface area contributed by atoms with Crippen LogP contribution in [0.2, 0.25) is 0 Å². The van der Waals surface area contributed by atoms with Gasteiger partial charge in [-0.05, 0) is 30.2 Å². The molecule has 0 amide bonds. The van der Waals surface area contributed by atoms with Gasteiger partial charge in [0.25, 0.3) is 0 Å². The van der Waals surface area contributed by atoms with E-state index in [1.807, 2.05) is 0 Å². The van der Waals surface area contributed by atoms with Gasteiger partial charge in [0.1, 0.15) is 5.82 Å². The maximum absolute atomic E-state index is 12.6. The summed E-state index contributed by atoms with van der Waals surface area (Å²) in [4.78, 5) is 0. The first-order chi connectivity index (χ1) is 5.65. The zero-order valence-corrected chi connectivity index (χ0v) is 8.14. The Balaban J connectivity index is 0.00000144. The van der Waals surface area contributed by atoms with Crippen LogP contribution in [0.3, 0.4) is 0 Å². The smallest absolute Gasteiger partial charge is 0.123 e. The summed E-state index contributed by atoms with van der Waals surface area (Å²) >= 11 is 0. The summed E-state index contributed by atoms with van der Waals surface area (Å²) in [5, 5.41) is 8.76. The number of nitrogens with two attached hydrogens (primary N) is 1. The fourth-order valence-electron chi connectivity index (χ4n) is 1.15. The standard InChI is InChI=1S/C9H12FNO.ClH/c1-6-4-7(10)2-3-8(6)9(11)5-12;/h2-4,9,12H,5,11H2,1H3;1H/t9-;/m0./s1. The van der Waals surface area contributed by atoms with Gasteiger partial charge in [0.05, 0.1) is 12.6 Å². The van der Waals surface area contributed by atoms with E-state index in [4.69, 9.17) is 10.8 Å². The van der Waals surface area contributed by atoms with Crippen molar-refractivity contribution in [2.24, 2.45) is 5.73 Å². The van der Waals surface area contributed by atoms with Gasteiger partial charge >= 0.3 is 0 Å². The van der Waals surface area contributed by atoms with Crippen LogP contribution in [0.25, 0.3) is 0 Å². The Bertz CT molecular complexity index is 280. The normalized spacial score (nSPS) is 12.0. The molecule has 0 saturated heterocycles. The van der Waals surface area contributed by atoms with Crippen LogP contribution in [0.1, 0.15) is 17.2 Å². The summed E-state index contributed by atoms with van der Waals surface area (Å²) in [7, 11) is 0. The molecule has 2 nitrogen and oxygen atoms in total. The first kappa shape index (κ1) is 12.4. The highest BCUT2D eigenvalue weighted by Gasteiger charge is 2.07. The van der Waals surface area contributed by atoms with E-state index in [-0.39, 0.29) is 24.8 Å². The topological polar surface area (TPSA) is 46.2 Å². The highest BCUT2D eigenvalue weighted by Crippen LogP contribution is 2.15. The van der Waals surface area contributed by atoms with Crippen LogP contribution in [-0.2, 0) is 0 Å². The molecular weight excluding hydrogens is 193 g/mol. The van der Waals surface area contributed by atoms with Crippen LogP contribution >= 0.6 is 12.4 Å². The molecular formula is C9H13ClFNO. The average Bonchev–Trinajstić information content (AvgIpc) is 2.03. The zero-order valence-electron chi connectivity index (χ0n) is 7.33. The number of aliphatic hydroxyl groups excluding tert-OH is 1. The van der Waals surface area contributed by atoms with Gasteiger partial charge in [0.15, 0.2) is 0 Å². The van der Waals surface area contributed by atoms with Crippen molar-refractivity contribution in [1.82, 2.24) is 0 Å². The summed E-state index contributed by atoms with van der Waals surface area (Å²) in [5.74, 6) is -0.276. The molecule has 0 spiro atoms. The fraction of sp³-hybridized carbons (Fsp3) is 0.333. The van der Waals surface area contributed by atoms with Crippen molar-refractivity contribution in [1.29, 1.82) is 0 Å². The van der Waals surface area contributed by atoms with E-state index in [1.54, 1.807) is 13.0 Å². The molecule has 0 unspecified atom stereocenters. The lowest BCUT2D eigenvalue weighted by Gasteiger charge is -2.11. The molecule has 0 bridgehead atoms. The molecule has 4 heteroatoms. The van der Waals surface area contributed by atoms with E-state index >= 15 is 0 Å². The van der Waals surface area contributed by atoms with E-state index < -0.39 is 6.04 Å². The van der Waals surface area contributed by atoms with Crippen LogP contribution in [-0.4, -0.2) is 11.7 Å². The Morgan fingerprint density at radius 1 is 1.54 bits per heavy atom. The number of rotatable bonds is 2. The van der Waals surface area contributed by atoms with Crippen molar-refractivity contribution < 1.29 is 9.50 Å². The lowest BCUT2D eigenvalue weighted by atomic mass is 10.0. The first-order valence-corrected chi connectivity index (χ1v) is 3.77. The van der Waals surface area contributed by atoms with Gasteiger partial charge in [-0.1, -0.05) is 6.07 Å². The molecule has 0 aliphatic rings. The van der Waals surface area contributed by atoms with E-state index in [1.165, 1.54) is 12.1 Å². The molecule has 74 valence electrons. The minimum absolute atomic E-state index is 0. The zero-order chi connectivity index (χ0) is 9.14. The lowest BCUT2D eigenvalue weighted by molar-refractivity contribution is 0.267. The molecule has 1 aromatic rings. The Labute approximate surface area is 83.0 Å². The van der Waals surface area contributed by atoms with Crippen LogP contribution in [0.15, 0.2) is 18.2 Å². The molecule has 13 heavy (non-hydrogen) atoms. The van der Waals surface area contributed by atoms with Crippen molar-refractivity contribution in [2.75, 3.05) is 6.61 Å². The van der Waals surface area contributed by atoms with Crippen LogP contribution in [0.4, 0.5) is 4.39 Å². The number of halogens is 2. The third-order valence-corrected chi connectivity index (χ3v) is 1.83. The van der Waals surface area contributed by atoms with Crippen molar-refractivity contribution in [3.05, 3.63) is 35.1 Å². The number of hydrogen-bond acceptors (Lipinski definition) is 2. The maximum Gasteiger partial charge on any atom is 0.123 e. The van der Waals surface area contributed by atoms with Gasteiger partial charge in [-0.15, -0.1) is 12.4 Å². The molecule has 0 aromatic heterocycles. The number of hydrogen-bond donors (Lipinski definition) is 2.